The van der Waals surface area contributed by atoms with Crippen molar-refractivity contribution >= 4 is 23.5 Å². The van der Waals surface area contributed by atoms with Crippen molar-refractivity contribution in [3.05, 3.63) is 83.2 Å². The fourth-order valence-electron chi connectivity index (χ4n) is 2.48. The highest BCUT2D eigenvalue weighted by Gasteiger charge is 2.19. The van der Waals surface area contributed by atoms with Crippen LogP contribution in [0.4, 0.5) is 11.6 Å². The van der Waals surface area contributed by atoms with Crippen LogP contribution in [0.15, 0.2) is 60.9 Å². The van der Waals surface area contributed by atoms with Gasteiger partial charge in [0.25, 0.3) is 11.6 Å². The van der Waals surface area contributed by atoms with Crippen LogP contribution in [0, 0.1) is 13.8 Å². The van der Waals surface area contributed by atoms with E-state index in [4.69, 9.17) is 0 Å². The van der Waals surface area contributed by atoms with Crippen LogP contribution < -0.4 is 20.6 Å². The molecule has 0 spiro atoms. The van der Waals surface area contributed by atoms with Crippen LogP contribution in [0.25, 0.3) is 0 Å². The molecule has 0 bridgehead atoms. The van der Waals surface area contributed by atoms with Crippen molar-refractivity contribution in [2.45, 2.75) is 13.8 Å². The van der Waals surface area contributed by atoms with E-state index in [0.717, 1.165) is 11.1 Å². The molecule has 0 radical (unpaired) electrons. The molecule has 0 aliphatic rings. The number of aryl methyl sites for hydroxylation is 2. The first-order valence-electron chi connectivity index (χ1n) is 8.22. The zero-order chi connectivity index (χ0) is 18.5. The minimum Gasteiger partial charge on any atom is -0.247 e. The molecule has 0 saturated heterocycles. The maximum atomic E-state index is 12.5. The maximum absolute atomic E-state index is 12.5. The molecule has 3 aromatic rings. The molecule has 2 aromatic heterocycles. The Balaban J connectivity index is 1.77. The van der Waals surface area contributed by atoms with E-state index in [0.29, 0.717) is 22.8 Å². The first-order chi connectivity index (χ1) is 12.5. The lowest BCUT2D eigenvalue weighted by atomic mass is 10.1. The van der Waals surface area contributed by atoms with Crippen LogP contribution in [-0.2, 0) is 0 Å². The number of hydrogen-bond acceptors (Lipinski definition) is 2. The highest BCUT2D eigenvalue weighted by atomic mass is 16.2. The third-order valence-electron chi connectivity index (χ3n) is 3.99. The van der Waals surface area contributed by atoms with Crippen LogP contribution >= 0.6 is 0 Å². The van der Waals surface area contributed by atoms with Gasteiger partial charge in [-0.25, -0.2) is 30.2 Å². The van der Waals surface area contributed by atoms with E-state index in [-0.39, 0.29) is 11.8 Å². The summed E-state index contributed by atoms with van der Waals surface area (Å²) in [6, 6.07) is 14.1. The maximum Gasteiger partial charge on any atom is 0.339 e. The quantitative estimate of drug-likeness (QED) is 0.759. The Bertz CT molecular complexity index is 895. The molecule has 0 aliphatic carbocycles. The lowest BCUT2D eigenvalue weighted by Crippen LogP contribution is -2.22. The molecule has 130 valence electrons. The summed E-state index contributed by atoms with van der Waals surface area (Å²) >= 11 is 0. The summed E-state index contributed by atoms with van der Waals surface area (Å²) in [5.74, 6) is 0.684. The van der Waals surface area contributed by atoms with Crippen LogP contribution in [-0.4, -0.2) is 11.8 Å². The Morgan fingerprint density at radius 3 is 1.62 bits per heavy atom. The van der Waals surface area contributed by atoms with E-state index in [2.05, 4.69) is 20.6 Å². The summed E-state index contributed by atoms with van der Waals surface area (Å²) in [6.07, 6.45) is 3.48. The Morgan fingerprint density at radius 1 is 0.731 bits per heavy atom. The van der Waals surface area contributed by atoms with Gasteiger partial charge in [-0.05, 0) is 56.3 Å². The zero-order valence-electron chi connectivity index (χ0n) is 14.6. The second kappa shape index (κ2) is 7.57. The number of aromatic amines is 2. The van der Waals surface area contributed by atoms with Gasteiger partial charge in [0.2, 0.25) is 0 Å². The van der Waals surface area contributed by atoms with Gasteiger partial charge in [-0.15, -0.1) is 0 Å². The summed E-state index contributed by atoms with van der Waals surface area (Å²) < 4.78 is 0. The number of benzene rings is 1. The molecule has 0 atom stereocenters. The van der Waals surface area contributed by atoms with Crippen molar-refractivity contribution in [3.63, 3.8) is 0 Å². The summed E-state index contributed by atoms with van der Waals surface area (Å²) in [4.78, 5) is 31.0. The van der Waals surface area contributed by atoms with E-state index in [1.165, 1.54) is 0 Å². The second-order valence-electron chi connectivity index (χ2n) is 5.95. The molecule has 6 nitrogen and oxygen atoms in total. The highest BCUT2D eigenvalue weighted by Crippen LogP contribution is 2.12. The highest BCUT2D eigenvalue weighted by molar-refractivity contribution is 6.08. The third-order valence-corrected chi connectivity index (χ3v) is 3.99. The van der Waals surface area contributed by atoms with E-state index in [1.807, 2.05) is 38.1 Å². The Morgan fingerprint density at radius 2 is 1.19 bits per heavy atom. The van der Waals surface area contributed by atoms with Gasteiger partial charge in [0.05, 0.1) is 23.5 Å². The van der Waals surface area contributed by atoms with Gasteiger partial charge >= 0.3 is 11.8 Å². The van der Waals surface area contributed by atoms with Gasteiger partial charge in [-0.3, -0.25) is 0 Å². The molecule has 6 heteroatoms. The monoisotopic (exact) mass is 348 g/mol. The summed E-state index contributed by atoms with van der Waals surface area (Å²) in [5.41, 5.74) is 2.65. The van der Waals surface area contributed by atoms with Crippen LogP contribution in [0.3, 0.4) is 0 Å². The lowest BCUT2D eigenvalue weighted by molar-refractivity contribution is -0.361. The Hall–Kier alpha value is -3.54. The standard InChI is InChI=1S/C20H18N4O2/c1-13-6-4-10-21-17(13)23-19(25)15-8-3-9-16(12-15)20(26)24-18-14(2)7-5-11-22-18/h3-12H,1-2H3,(H,21,23,25)(H,22,24,26)/p+2. The Labute approximate surface area is 151 Å². The number of aromatic nitrogens is 2. The zero-order valence-corrected chi connectivity index (χ0v) is 14.6. The second-order valence-corrected chi connectivity index (χ2v) is 5.95. The van der Waals surface area contributed by atoms with Crippen LogP contribution in [0.1, 0.15) is 31.8 Å². The van der Waals surface area contributed by atoms with Gasteiger partial charge in [0, 0.05) is 11.1 Å². The number of carbonyl (C=O) groups excluding carboxylic acids is 2. The fraction of sp³-hybridized carbons (Fsp3) is 0.100. The van der Waals surface area contributed by atoms with Crippen molar-refractivity contribution in [3.8, 4) is 0 Å². The smallest absolute Gasteiger partial charge is 0.247 e. The van der Waals surface area contributed by atoms with Crippen LogP contribution in [0.5, 0.6) is 0 Å². The third kappa shape index (κ3) is 3.92. The molecule has 0 aliphatic heterocycles. The first-order valence-corrected chi connectivity index (χ1v) is 8.22. The molecule has 2 heterocycles. The van der Waals surface area contributed by atoms with Crippen molar-refractivity contribution in [1.29, 1.82) is 0 Å². The largest absolute Gasteiger partial charge is 0.339 e. The molecule has 0 fully saturated rings. The normalized spacial score (nSPS) is 10.2. The van der Waals surface area contributed by atoms with E-state index in [1.54, 1.807) is 36.7 Å². The van der Waals surface area contributed by atoms with Gasteiger partial charge < -0.3 is 0 Å². The predicted molar refractivity (Wildman–Crippen MR) is 97.8 cm³/mol. The number of carbonyl (C=O) groups is 2. The molecule has 4 N–H and O–H groups in total. The summed E-state index contributed by atoms with van der Waals surface area (Å²) in [7, 11) is 0. The molecule has 0 unspecified atom stereocenters. The van der Waals surface area contributed by atoms with E-state index >= 15 is 0 Å². The van der Waals surface area contributed by atoms with E-state index in [9.17, 15) is 9.59 Å². The van der Waals surface area contributed by atoms with Gasteiger partial charge in [0.15, 0.2) is 0 Å². The molecular formula is C20H20N4O2+2. The number of nitrogens with one attached hydrogen (secondary N) is 4. The molecule has 1 aromatic carbocycles. The number of H-pyrrole nitrogens is 2. The average Bonchev–Trinajstić information content (AvgIpc) is 2.65. The minimum atomic E-state index is -0.285. The minimum absolute atomic E-state index is 0.285. The molecule has 2 amide bonds. The summed E-state index contributed by atoms with van der Waals surface area (Å²) in [5, 5.41) is 5.64. The topological polar surface area (TPSA) is 86.5 Å². The van der Waals surface area contributed by atoms with Gasteiger partial charge in [-0.2, -0.15) is 0 Å². The number of rotatable bonds is 4. The average molecular weight is 348 g/mol. The SMILES string of the molecule is Cc1ccc[nH+]c1NC(=O)c1cccc(C(=O)Nc2[nH+]cccc2C)c1. The number of hydrogen-bond donors (Lipinski definition) is 2. The predicted octanol–water partition coefficient (Wildman–Crippen LogP) is 2.44. The Kier molecular flexibility index (Phi) is 5.03. The number of pyridine rings is 2. The fourth-order valence-corrected chi connectivity index (χ4v) is 2.48. The first kappa shape index (κ1) is 17.3. The number of anilines is 2. The summed E-state index contributed by atoms with van der Waals surface area (Å²) in [6.45, 7) is 3.79. The molecule has 3 rings (SSSR count). The van der Waals surface area contributed by atoms with Crippen LogP contribution in [0.2, 0.25) is 0 Å². The molecular weight excluding hydrogens is 328 g/mol. The van der Waals surface area contributed by atoms with Gasteiger partial charge in [0.1, 0.15) is 0 Å². The number of amides is 2. The van der Waals surface area contributed by atoms with Crippen molar-refractivity contribution < 1.29 is 19.6 Å². The lowest BCUT2D eigenvalue weighted by Gasteiger charge is -2.03. The molecule has 0 saturated carbocycles. The van der Waals surface area contributed by atoms with E-state index < -0.39 is 0 Å². The van der Waals surface area contributed by atoms with Gasteiger partial charge in [-0.1, -0.05) is 6.07 Å². The van der Waals surface area contributed by atoms with Crippen molar-refractivity contribution in [1.82, 2.24) is 0 Å². The van der Waals surface area contributed by atoms with Crippen molar-refractivity contribution in [2.24, 2.45) is 0 Å². The van der Waals surface area contributed by atoms with Crippen molar-refractivity contribution in [2.75, 3.05) is 10.6 Å². The molecule has 26 heavy (non-hydrogen) atoms.